The summed E-state index contributed by atoms with van der Waals surface area (Å²) in [5, 5.41) is -1.87. The van der Waals surface area contributed by atoms with Gasteiger partial charge < -0.3 is 0 Å². The monoisotopic (exact) mass is 374 g/mol. The molecule has 4 rings (SSSR count). The molecule has 0 saturated heterocycles. The third kappa shape index (κ3) is 2.55. The van der Waals surface area contributed by atoms with Gasteiger partial charge in [-0.3, -0.25) is 0 Å². The lowest BCUT2D eigenvalue weighted by atomic mass is 10.1. The number of benzene rings is 2. The maximum Gasteiger partial charge on any atom is 0.183 e. The van der Waals surface area contributed by atoms with Gasteiger partial charge in [-0.2, -0.15) is 0 Å². The van der Waals surface area contributed by atoms with Gasteiger partial charge in [0.2, 0.25) is 0 Å². The predicted octanol–water partition coefficient (Wildman–Crippen LogP) is 2.88. The molecule has 1 saturated carbocycles. The maximum absolute atomic E-state index is 13.2. The largest absolute Gasteiger partial charge is 0.223 e. The summed E-state index contributed by atoms with van der Waals surface area (Å²) < 4.78 is 52.9. The summed E-state index contributed by atoms with van der Waals surface area (Å²) in [4.78, 5) is 0.378. The van der Waals surface area contributed by atoms with Crippen LogP contribution in [-0.2, 0) is 19.7 Å². The standard InChI is InChI=1S/C19H18O4S2/c20-24(21,16-7-3-1-4-8-16)18-14-11-12-15(13-14)19(18)25(22,23)17-9-5-2-6-10-17/h1-12,14-15,18-19H,13H2. The molecule has 130 valence electrons. The van der Waals surface area contributed by atoms with Gasteiger partial charge in [0.15, 0.2) is 19.7 Å². The zero-order valence-corrected chi connectivity index (χ0v) is 15.0. The van der Waals surface area contributed by atoms with Crippen LogP contribution in [0, 0.1) is 11.8 Å². The molecule has 0 N–H and O–H groups in total. The summed E-state index contributed by atoms with van der Waals surface area (Å²) in [5.74, 6) is -0.502. The summed E-state index contributed by atoms with van der Waals surface area (Å²) in [6.07, 6.45) is 4.31. The molecule has 0 heterocycles. The van der Waals surface area contributed by atoms with Crippen molar-refractivity contribution >= 4 is 19.7 Å². The Morgan fingerprint density at radius 2 is 0.960 bits per heavy atom. The fourth-order valence-corrected chi connectivity index (χ4v) is 9.09. The molecule has 2 aliphatic rings. The Bertz CT molecular complexity index is 926. The molecule has 4 unspecified atom stereocenters. The minimum atomic E-state index is -3.74. The molecular formula is C19H18O4S2. The molecular weight excluding hydrogens is 356 g/mol. The Labute approximate surface area is 148 Å². The number of rotatable bonds is 4. The number of hydrogen-bond acceptors (Lipinski definition) is 4. The number of fused-ring (bicyclic) bond motifs is 2. The zero-order valence-electron chi connectivity index (χ0n) is 13.4. The second kappa shape index (κ2) is 5.81. The van der Waals surface area contributed by atoms with E-state index >= 15 is 0 Å². The smallest absolute Gasteiger partial charge is 0.183 e. The lowest BCUT2D eigenvalue weighted by Crippen LogP contribution is -2.42. The molecule has 0 aliphatic heterocycles. The summed E-state index contributed by atoms with van der Waals surface area (Å²) in [6.45, 7) is 0. The van der Waals surface area contributed by atoms with Crippen molar-refractivity contribution in [2.75, 3.05) is 0 Å². The minimum Gasteiger partial charge on any atom is -0.223 e. The molecule has 1 fully saturated rings. The molecule has 0 radical (unpaired) electrons. The lowest BCUT2D eigenvalue weighted by molar-refractivity contribution is 0.540. The van der Waals surface area contributed by atoms with Gasteiger partial charge >= 0.3 is 0 Å². The fourth-order valence-electron chi connectivity index (χ4n) is 4.08. The number of sulfone groups is 2. The molecule has 2 bridgehead atoms. The van der Waals surface area contributed by atoms with E-state index < -0.39 is 30.2 Å². The highest BCUT2D eigenvalue weighted by Crippen LogP contribution is 2.48. The summed E-state index contributed by atoms with van der Waals surface area (Å²) in [7, 11) is -7.48. The van der Waals surface area contributed by atoms with Crippen LogP contribution in [0.1, 0.15) is 6.42 Å². The molecule has 0 amide bonds. The topological polar surface area (TPSA) is 68.3 Å². The van der Waals surface area contributed by atoms with Crippen LogP contribution in [0.5, 0.6) is 0 Å². The van der Waals surface area contributed by atoms with E-state index in [0.29, 0.717) is 6.42 Å². The fraction of sp³-hybridized carbons (Fsp3) is 0.263. The van der Waals surface area contributed by atoms with Crippen LogP contribution in [0.15, 0.2) is 82.6 Å². The summed E-state index contributed by atoms with van der Waals surface area (Å²) in [5.41, 5.74) is 0. The first-order valence-corrected chi connectivity index (χ1v) is 11.3. The maximum atomic E-state index is 13.2. The number of hydrogen-bond donors (Lipinski definition) is 0. The van der Waals surface area contributed by atoms with Gasteiger partial charge in [-0.15, -0.1) is 0 Å². The molecule has 6 heteroatoms. The first-order chi connectivity index (χ1) is 11.9. The van der Waals surface area contributed by atoms with Crippen molar-refractivity contribution in [2.24, 2.45) is 11.8 Å². The van der Waals surface area contributed by atoms with Gasteiger partial charge in [0.05, 0.1) is 20.3 Å². The molecule has 2 aliphatic carbocycles. The Balaban J connectivity index is 1.84. The van der Waals surface area contributed by atoms with E-state index in [2.05, 4.69) is 0 Å². The van der Waals surface area contributed by atoms with Gasteiger partial charge in [-0.25, -0.2) is 16.8 Å². The van der Waals surface area contributed by atoms with Crippen molar-refractivity contribution in [1.82, 2.24) is 0 Å². The van der Waals surface area contributed by atoms with E-state index in [1.165, 1.54) is 24.3 Å². The van der Waals surface area contributed by atoms with Crippen LogP contribution in [0.3, 0.4) is 0 Å². The average Bonchev–Trinajstić information content (AvgIpc) is 3.25. The zero-order chi connectivity index (χ0) is 17.7. The molecule has 0 spiro atoms. The molecule has 25 heavy (non-hydrogen) atoms. The van der Waals surface area contributed by atoms with E-state index in [-0.39, 0.29) is 21.6 Å². The highest BCUT2D eigenvalue weighted by Gasteiger charge is 2.56. The average molecular weight is 374 g/mol. The lowest BCUT2D eigenvalue weighted by Gasteiger charge is -2.27. The van der Waals surface area contributed by atoms with Crippen LogP contribution < -0.4 is 0 Å². The van der Waals surface area contributed by atoms with Crippen molar-refractivity contribution in [3.05, 3.63) is 72.8 Å². The van der Waals surface area contributed by atoms with Gasteiger partial charge in [0.1, 0.15) is 0 Å². The van der Waals surface area contributed by atoms with Gasteiger partial charge in [0.25, 0.3) is 0 Å². The Hall–Kier alpha value is -1.92. The first-order valence-electron chi connectivity index (χ1n) is 8.18. The van der Waals surface area contributed by atoms with Crippen LogP contribution in [-0.4, -0.2) is 27.3 Å². The van der Waals surface area contributed by atoms with Crippen LogP contribution in [0.4, 0.5) is 0 Å². The summed E-state index contributed by atoms with van der Waals surface area (Å²) >= 11 is 0. The van der Waals surface area contributed by atoms with E-state index in [1.807, 2.05) is 12.2 Å². The van der Waals surface area contributed by atoms with Gasteiger partial charge in [0, 0.05) is 0 Å². The van der Waals surface area contributed by atoms with Crippen molar-refractivity contribution in [3.63, 3.8) is 0 Å². The molecule has 2 aromatic rings. The Morgan fingerprint density at radius 3 is 1.32 bits per heavy atom. The van der Waals surface area contributed by atoms with E-state index in [1.54, 1.807) is 36.4 Å². The van der Waals surface area contributed by atoms with Gasteiger partial charge in [-0.05, 0) is 42.5 Å². The van der Waals surface area contributed by atoms with Crippen LogP contribution in [0.25, 0.3) is 0 Å². The van der Waals surface area contributed by atoms with Crippen molar-refractivity contribution in [2.45, 2.75) is 26.7 Å². The third-order valence-electron chi connectivity index (χ3n) is 5.18. The van der Waals surface area contributed by atoms with Crippen LogP contribution >= 0.6 is 0 Å². The van der Waals surface area contributed by atoms with E-state index in [4.69, 9.17) is 0 Å². The third-order valence-corrected chi connectivity index (χ3v) is 9.93. The van der Waals surface area contributed by atoms with Crippen molar-refractivity contribution in [3.8, 4) is 0 Å². The Kier molecular flexibility index (Phi) is 3.85. The van der Waals surface area contributed by atoms with E-state index in [0.717, 1.165) is 0 Å². The number of allylic oxidation sites excluding steroid dienone is 2. The predicted molar refractivity (Wildman–Crippen MR) is 95.6 cm³/mol. The van der Waals surface area contributed by atoms with Crippen molar-refractivity contribution < 1.29 is 16.8 Å². The molecule has 0 aromatic heterocycles. The van der Waals surface area contributed by atoms with Crippen molar-refractivity contribution in [1.29, 1.82) is 0 Å². The Morgan fingerprint density at radius 1 is 0.600 bits per heavy atom. The second-order valence-corrected chi connectivity index (χ2v) is 10.8. The minimum absolute atomic E-state index is 0.189. The van der Waals surface area contributed by atoms with E-state index in [9.17, 15) is 16.8 Å². The van der Waals surface area contributed by atoms with Gasteiger partial charge in [-0.1, -0.05) is 48.6 Å². The molecule has 2 aromatic carbocycles. The highest BCUT2D eigenvalue weighted by molar-refractivity contribution is 7.96. The highest BCUT2D eigenvalue weighted by atomic mass is 32.2. The quantitative estimate of drug-likeness (QED) is 0.772. The van der Waals surface area contributed by atoms with Crippen LogP contribution in [0.2, 0.25) is 0 Å². The SMILES string of the molecule is O=S(=O)(c1ccccc1)C1C2C=CC(C2)C1S(=O)(=O)c1ccccc1. The molecule has 4 atom stereocenters. The summed E-state index contributed by atoms with van der Waals surface area (Å²) in [6, 6.07) is 16.3. The first kappa shape index (κ1) is 16.5. The normalized spacial score (nSPS) is 28.3. The molecule has 4 nitrogen and oxygen atoms in total. The second-order valence-electron chi connectivity index (χ2n) is 6.59.